The van der Waals surface area contributed by atoms with E-state index in [2.05, 4.69) is 10.1 Å². The number of imide groups is 1. The summed E-state index contributed by atoms with van der Waals surface area (Å²) in [5.74, 6) is -0.511. The normalized spacial score (nSPS) is 11.5. The van der Waals surface area contributed by atoms with Crippen LogP contribution in [0, 0.1) is 0 Å². The molecular weight excluding hydrogens is 354 g/mol. The van der Waals surface area contributed by atoms with Gasteiger partial charge in [0.05, 0.1) is 13.2 Å². The summed E-state index contributed by atoms with van der Waals surface area (Å²) in [5.41, 5.74) is 1.05. The van der Waals surface area contributed by atoms with Crippen molar-refractivity contribution in [1.29, 1.82) is 0 Å². The highest BCUT2D eigenvalue weighted by Crippen LogP contribution is 2.15. The molecule has 0 bridgehead atoms. The van der Waals surface area contributed by atoms with E-state index in [9.17, 15) is 14.4 Å². The second kappa shape index (κ2) is 11.5. The van der Waals surface area contributed by atoms with E-state index in [1.807, 2.05) is 37.4 Å². The Morgan fingerprint density at radius 2 is 1.81 bits per heavy atom. The maximum atomic E-state index is 12.4. The molecule has 8 heteroatoms. The van der Waals surface area contributed by atoms with Crippen molar-refractivity contribution in [3.8, 4) is 0 Å². The van der Waals surface area contributed by atoms with Gasteiger partial charge in [0, 0.05) is 18.5 Å². The van der Waals surface area contributed by atoms with Gasteiger partial charge in [0.15, 0.2) is 13.1 Å². The number of hydrogen-bond donors (Lipinski definition) is 2. The van der Waals surface area contributed by atoms with E-state index in [0.29, 0.717) is 13.1 Å². The van der Waals surface area contributed by atoms with Gasteiger partial charge in [-0.2, -0.15) is 0 Å². The molecule has 1 aromatic rings. The Hall–Kier alpha value is -2.06. The summed E-state index contributed by atoms with van der Waals surface area (Å²) in [4.78, 5) is 39.1. The number of hydrogen-bond acceptors (Lipinski definition) is 5. The lowest BCUT2D eigenvalue weighted by atomic mass is 10.2. The molecule has 1 aromatic carbocycles. The van der Waals surface area contributed by atoms with Gasteiger partial charge in [-0.15, -0.1) is 11.8 Å². The molecule has 3 amide bonds. The van der Waals surface area contributed by atoms with Gasteiger partial charge in [-0.05, 0) is 37.8 Å². The number of quaternary nitrogens is 1. The average Bonchev–Trinajstić information content (AvgIpc) is 2.61. The molecule has 7 nitrogen and oxygen atoms in total. The van der Waals surface area contributed by atoms with Crippen molar-refractivity contribution in [1.82, 2.24) is 10.2 Å². The lowest BCUT2D eigenvalue weighted by Crippen LogP contribution is -3.14. The first-order valence-corrected chi connectivity index (χ1v) is 9.79. The van der Waals surface area contributed by atoms with Crippen LogP contribution in [0.15, 0.2) is 29.2 Å². The van der Waals surface area contributed by atoms with Gasteiger partial charge in [0.2, 0.25) is 0 Å². The molecule has 0 spiro atoms. The van der Waals surface area contributed by atoms with E-state index in [-0.39, 0.29) is 25.6 Å². The Morgan fingerprint density at radius 3 is 2.35 bits per heavy atom. The number of nitrogens with one attached hydrogen (secondary N) is 2. The summed E-state index contributed by atoms with van der Waals surface area (Å²) >= 11 is 1.67. The second-order valence-electron chi connectivity index (χ2n) is 5.82. The molecule has 0 aromatic heterocycles. The predicted molar refractivity (Wildman–Crippen MR) is 101 cm³/mol. The van der Waals surface area contributed by atoms with Crippen LogP contribution in [0.1, 0.15) is 19.4 Å². The number of amides is 3. The number of alkyl carbamates (subject to hydrolysis) is 1. The highest BCUT2D eigenvalue weighted by Gasteiger charge is 2.20. The zero-order chi connectivity index (χ0) is 19.5. The molecule has 0 fully saturated rings. The molecule has 1 unspecified atom stereocenters. The van der Waals surface area contributed by atoms with Crippen molar-refractivity contribution in [2.45, 2.75) is 25.3 Å². The maximum Gasteiger partial charge on any atom is 0.414 e. The molecule has 0 aliphatic carbocycles. The Labute approximate surface area is 159 Å². The zero-order valence-corrected chi connectivity index (χ0v) is 16.6. The maximum absolute atomic E-state index is 12.4. The summed E-state index contributed by atoms with van der Waals surface area (Å²) in [6, 6.07) is 8.07. The molecule has 0 aliphatic heterocycles. The summed E-state index contributed by atoms with van der Waals surface area (Å²) < 4.78 is 4.67. The van der Waals surface area contributed by atoms with Crippen LogP contribution in [0.3, 0.4) is 0 Å². The van der Waals surface area contributed by atoms with E-state index in [1.54, 1.807) is 30.6 Å². The highest BCUT2D eigenvalue weighted by molar-refractivity contribution is 7.98. The van der Waals surface area contributed by atoms with Crippen LogP contribution < -0.4 is 10.2 Å². The Morgan fingerprint density at radius 1 is 1.15 bits per heavy atom. The third kappa shape index (κ3) is 7.88. The molecule has 144 valence electrons. The van der Waals surface area contributed by atoms with Crippen molar-refractivity contribution < 1.29 is 24.0 Å². The zero-order valence-electron chi connectivity index (χ0n) is 15.8. The first-order chi connectivity index (χ1) is 12.4. The molecule has 0 saturated heterocycles. The van der Waals surface area contributed by atoms with E-state index in [1.165, 1.54) is 4.90 Å². The number of rotatable bonds is 9. The third-order valence-corrected chi connectivity index (χ3v) is 4.58. The Balaban J connectivity index is 2.50. The lowest BCUT2D eigenvalue weighted by molar-refractivity contribution is -0.882. The van der Waals surface area contributed by atoms with Crippen LogP contribution in [0.4, 0.5) is 4.79 Å². The fourth-order valence-corrected chi connectivity index (χ4v) is 2.71. The summed E-state index contributed by atoms with van der Waals surface area (Å²) in [6.07, 6.45) is 1.26. The molecule has 2 N–H and O–H groups in total. The van der Waals surface area contributed by atoms with E-state index < -0.39 is 12.0 Å². The molecule has 26 heavy (non-hydrogen) atoms. The quantitative estimate of drug-likeness (QED) is 0.610. The minimum atomic E-state index is -0.759. The van der Waals surface area contributed by atoms with Crippen LogP contribution in [0.5, 0.6) is 0 Å². The first kappa shape index (κ1) is 22.0. The Kier molecular flexibility index (Phi) is 9.75. The van der Waals surface area contributed by atoms with Gasteiger partial charge < -0.3 is 14.5 Å². The molecule has 1 atom stereocenters. The lowest BCUT2D eigenvalue weighted by Gasteiger charge is -2.21. The molecule has 1 rings (SSSR count). The molecule has 0 radical (unpaired) electrons. The second-order valence-corrected chi connectivity index (χ2v) is 6.70. The molecule has 0 aliphatic rings. The van der Waals surface area contributed by atoms with Crippen molar-refractivity contribution in [3.63, 3.8) is 0 Å². The average molecular weight is 383 g/mol. The van der Waals surface area contributed by atoms with Crippen LogP contribution in [-0.2, 0) is 20.9 Å². The molecule has 0 heterocycles. The number of thioether (sulfide) groups is 1. The van der Waals surface area contributed by atoms with Crippen molar-refractivity contribution in [2.24, 2.45) is 0 Å². The molecular formula is C18H28N3O4S+. The number of likely N-dealkylation sites (N-methyl/N-ethyl adjacent to an activating group) is 2. The first-order valence-electron chi connectivity index (χ1n) is 8.56. The Bertz CT molecular complexity index is 607. The number of benzene rings is 1. The van der Waals surface area contributed by atoms with Crippen LogP contribution in [0.25, 0.3) is 0 Å². The highest BCUT2D eigenvalue weighted by atomic mass is 32.2. The minimum Gasteiger partial charge on any atom is -0.450 e. The van der Waals surface area contributed by atoms with Gasteiger partial charge in [0.25, 0.3) is 11.8 Å². The van der Waals surface area contributed by atoms with Crippen molar-refractivity contribution in [2.75, 3.05) is 39.5 Å². The summed E-state index contributed by atoms with van der Waals surface area (Å²) in [7, 11) is 1.75. The van der Waals surface area contributed by atoms with Gasteiger partial charge >= 0.3 is 6.09 Å². The number of carbonyl (C=O) groups excluding carboxylic acids is 3. The fraction of sp³-hybridized carbons (Fsp3) is 0.500. The smallest absolute Gasteiger partial charge is 0.414 e. The third-order valence-electron chi connectivity index (χ3n) is 3.83. The van der Waals surface area contributed by atoms with Gasteiger partial charge in [-0.25, -0.2) is 4.79 Å². The van der Waals surface area contributed by atoms with Gasteiger partial charge in [-0.1, -0.05) is 12.1 Å². The summed E-state index contributed by atoms with van der Waals surface area (Å²) in [5, 5.41) is 2.15. The number of carbonyl (C=O) groups is 3. The fourth-order valence-electron chi connectivity index (χ4n) is 2.31. The SMILES string of the molecule is CCOC(=O)NC(=O)C[NH+](CC)CC(=O)N(C)Cc1ccc(SC)cc1. The monoisotopic (exact) mass is 382 g/mol. The van der Waals surface area contributed by atoms with E-state index in [0.717, 1.165) is 10.5 Å². The number of ether oxygens (including phenoxy) is 1. The van der Waals surface area contributed by atoms with E-state index >= 15 is 0 Å². The largest absolute Gasteiger partial charge is 0.450 e. The van der Waals surface area contributed by atoms with Crippen LogP contribution in [-0.4, -0.2) is 62.4 Å². The standard InChI is InChI=1S/C18H27N3O4S/c1-5-21(12-16(22)19-18(24)25-6-2)13-17(23)20(3)11-14-7-9-15(26-4)10-8-14/h7-10H,5-6,11-13H2,1-4H3,(H,19,22,24)/p+1. The van der Waals surface area contributed by atoms with E-state index in [4.69, 9.17) is 0 Å². The van der Waals surface area contributed by atoms with Gasteiger partial charge in [-0.3, -0.25) is 14.9 Å². The molecule has 0 saturated carbocycles. The van der Waals surface area contributed by atoms with Gasteiger partial charge in [0.1, 0.15) is 0 Å². The minimum absolute atomic E-state index is 0.0390. The topological polar surface area (TPSA) is 80.1 Å². The van der Waals surface area contributed by atoms with Crippen LogP contribution >= 0.6 is 11.8 Å². The number of nitrogens with zero attached hydrogens (tertiary/aromatic N) is 1. The summed E-state index contributed by atoms with van der Waals surface area (Å²) in [6.45, 7) is 5.09. The predicted octanol–water partition coefficient (Wildman–Crippen LogP) is 0.544. The van der Waals surface area contributed by atoms with Crippen LogP contribution in [0.2, 0.25) is 0 Å². The van der Waals surface area contributed by atoms with Crippen molar-refractivity contribution >= 4 is 29.7 Å². The van der Waals surface area contributed by atoms with Crippen molar-refractivity contribution in [3.05, 3.63) is 29.8 Å².